The van der Waals surface area contributed by atoms with E-state index in [0.29, 0.717) is 6.42 Å². The van der Waals surface area contributed by atoms with Crippen molar-refractivity contribution in [1.82, 2.24) is 0 Å². The van der Waals surface area contributed by atoms with Gasteiger partial charge in [-0.15, -0.1) is 6.58 Å². The molecule has 0 bridgehead atoms. The Labute approximate surface area is 60.9 Å². The molecule has 0 aliphatic carbocycles. The Morgan fingerprint density at radius 3 is 2.60 bits per heavy atom. The lowest BCUT2D eigenvalue weighted by Gasteiger charge is -2.07. The Morgan fingerprint density at radius 2 is 2.30 bits per heavy atom. The van der Waals surface area contributed by atoms with Gasteiger partial charge in [-0.3, -0.25) is 4.79 Å². The zero-order chi connectivity index (χ0) is 8.15. The summed E-state index contributed by atoms with van der Waals surface area (Å²) < 4.78 is 4.41. The average molecular weight is 143 g/mol. The first kappa shape index (κ1) is 9.17. The fraction of sp³-hybridized carbons (Fsp3) is 0.571. The number of esters is 1. The third-order valence-corrected chi connectivity index (χ3v) is 1.07. The largest absolute Gasteiger partial charge is 0.468 e. The van der Waals surface area contributed by atoms with E-state index in [4.69, 9.17) is 5.73 Å². The molecular formula is C7H13NO2. The monoisotopic (exact) mass is 143 g/mol. The molecule has 0 aromatic heterocycles. The van der Waals surface area contributed by atoms with E-state index in [1.807, 2.05) is 6.92 Å². The molecule has 3 nitrogen and oxygen atoms in total. The Bertz CT molecular complexity index is 143. The van der Waals surface area contributed by atoms with Crippen molar-refractivity contribution >= 4 is 5.97 Å². The van der Waals surface area contributed by atoms with Crippen LogP contribution in [0, 0.1) is 0 Å². The first-order valence-corrected chi connectivity index (χ1v) is 3.05. The molecule has 0 rings (SSSR count). The number of hydrogen-bond acceptors (Lipinski definition) is 3. The lowest BCUT2D eigenvalue weighted by atomic mass is 10.1. The van der Waals surface area contributed by atoms with E-state index in [1.165, 1.54) is 7.11 Å². The van der Waals surface area contributed by atoms with E-state index in [-0.39, 0.29) is 5.97 Å². The lowest BCUT2D eigenvalue weighted by molar-refractivity contribution is -0.142. The molecule has 0 amide bonds. The average Bonchev–Trinajstić information content (AvgIpc) is 1.85. The van der Waals surface area contributed by atoms with Crippen LogP contribution in [-0.2, 0) is 9.53 Å². The number of carbonyl (C=O) groups is 1. The van der Waals surface area contributed by atoms with Gasteiger partial charge in [0.25, 0.3) is 0 Å². The van der Waals surface area contributed by atoms with Crippen LogP contribution in [0.5, 0.6) is 0 Å². The highest BCUT2D eigenvalue weighted by Crippen LogP contribution is 1.99. The van der Waals surface area contributed by atoms with Crippen molar-refractivity contribution in [2.24, 2.45) is 5.73 Å². The number of nitrogens with two attached hydrogens (primary N) is 1. The van der Waals surface area contributed by atoms with E-state index in [9.17, 15) is 4.79 Å². The summed E-state index contributed by atoms with van der Waals surface area (Å²) >= 11 is 0. The van der Waals surface area contributed by atoms with Gasteiger partial charge in [0.1, 0.15) is 6.04 Å². The van der Waals surface area contributed by atoms with Crippen LogP contribution in [0.2, 0.25) is 0 Å². The molecule has 0 unspecified atom stereocenters. The Hall–Kier alpha value is -0.830. The van der Waals surface area contributed by atoms with Gasteiger partial charge in [0.15, 0.2) is 0 Å². The summed E-state index contributed by atoms with van der Waals surface area (Å²) in [5.41, 5.74) is 6.28. The zero-order valence-electron chi connectivity index (χ0n) is 6.39. The Morgan fingerprint density at radius 1 is 1.80 bits per heavy atom. The van der Waals surface area contributed by atoms with Gasteiger partial charge in [0, 0.05) is 0 Å². The molecule has 3 heteroatoms. The summed E-state index contributed by atoms with van der Waals surface area (Å²) in [5.74, 6) is -0.386. The predicted octanol–water partition coefficient (Wildman–Crippen LogP) is 0.453. The molecule has 0 fully saturated rings. The Balaban J connectivity index is 3.72. The van der Waals surface area contributed by atoms with Crippen molar-refractivity contribution in [3.63, 3.8) is 0 Å². The minimum atomic E-state index is -0.553. The maximum absolute atomic E-state index is 10.7. The van der Waals surface area contributed by atoms with Crippen LogP contribution in [0.25, 0.3) is 0 Å². The Kier molecular flexibility index (Phi) is 3.72. The van der Waals surface area contributed by atoms with Crippen LogP contribution in [0.1, 0.15) is 13.3 Å². The van der Waals surface area contributed by atoms with Crippen molar-refractivity contribution in [2.45, 2.75) is 19.4 Å². The molecule has 10 heavy (non-hydrogen) atoms. The molecular weight excluding hydrogens is 130 g/mol. The quantitative estimate of drug-likeness (QED) is 0.461. The molecule has 0 saturated carbocycles. The van der Waals surface area contributed by atoms with Crippen LogP contribution < -0.4 is 5.73 Å². The maximum atomic E-state index is 10.7. The van der Waals surface area contributed by atoms with E-state index < -0.39 is 6.04 Å². The highest BCUT2D eigenvalue weighted by Gasteiger charge is 2.12. The topological polar surface area (TPSA) is 52.3 Å². The second-order valence-electron chi connectivity index (χ2n) is 2.29. The van der Waals surface area contributed by atoms with Crippen LogP contribution in [0.4, 0.5) is 0 Å². The van der Waals surface area contributed by atoms with Gasteiger partial charge >= 0.3 is 5.97 Å². The fourth-order valence-electron chi connectivity index (χ4n) is 0.610. The molecule has 0 saturated heterocycles. The van der Waals surface area contributed by atoms with Gasteiger partial charge in [-0.2, -0.15) is 0 Å². The van der Waals surface area contributed by atoms with Crippen molar-refractivity contribution in [3.8, 4) is 0 Å². The first-order valence-electron chi connectivity index (χ1n) is 3.05. The van der Waals surface area contributed by atoms with Crippen molar-refractivity contribution in [3.05, 3.63) is 12.2 Å². The van der Waals surface area contributed by atoms with E-state index >= 15 is 0 Å². The van der Waals surface area contributed by atoms with Gasteiger partial charge in [-0.05, 0) is 13.3 Å². The van der Waals surface area contributed by atoms with Gasteiger partial charge in [0.2, 0.25) is 0 Å². The highest BCUT2D eigenvalue weighted by molar-refractivity contribution is 5.75. The fourth-order valence-corrected chi connectivity index (χ4v) is 0.610. The van der Waals surface area contributed by atoms with Crippen molar-refractivity contribution in [1.29, 1.82) is 0 Å². The molecule has 1 atom stereocenters. The van der Waals surface area contributed by atoms with Gasteiger partial charge < -0.3 is 10.5 Å². The summed E-state index contributed by atoms with van der Waals surface area (Å²) in [7, 11) is 1.32. The molecule has 58 valence electrons. The summed E-state index contributed by atoms with van der Waals surface area (Å²) in [5, 5.41) is 0. The SMILES string of the molecule is C=C(C)C[C@H](N)C(=O)OC. The molecule has 0 aromatic carbocycles. The molecule has 2 N–H and O–H groups in total. The first-order chi connectivity index (χ1) is 4.57. The minimum absolute atomic E-state index is 0.386. The maximum Gasteiger partial charge on any atom is 0.322 e. The number of carbonyl (C=O) groups excluding carboxylic acids is 1. The lowest BCUT2D eigenvalue weighted by Crippen LogP contribution is -2.31. The summed E-state index contributed by atoms with van der Waals surface area (Å²) in [6.07, 6.45) is 0.493. The number of methoxy groups -OCH3 is 1. The van der Waals surface area contributed by atoms with Crippen LogP contribution in [0.15, 0.2) is 12.2 Å². The minimum Gasteiger partial charge on any atom is -0.468 e. The van der Waals surface area contributed by atoms with Gasteiger partial charge in [0.05, 0.1) is 7.11 Å². The molecule has 0 aromatic rings. The second-order valence-corrected chi connectivity index (χ2v) is 2.29. The van der Waals surface area contributed by atoms with Crippen molar-refractivity contribution in [2.75, 3.05) is 7.11 Å². The summed E-state index contributed by atoms with van der Waals surface area (Å²) in [6, 6.07) is -0.553. The number of rotatable bonds is 3. The molecule has 0 aliphatic rings. The van der Waals surface area contributed by atoms with E-state index in [0.717, 1.165) is 5.57 Å². The molecule has 0 aliphatic heterocycles. The third kappa shape index (κ3) is 3.25. The van der Waals surface area contributed by atoms with E-state index in [2.05, 4.69) is 11.3 Å². The van der Waals surface area contributed by atoms with Gasteiger partial charge in [-0.25, -0.2) is 0 Å². The van der Waals surface area contributed by atoms with Gasteiger partial charge in [-0.1, -0.05) is 5.57 Å². The van der Waals surface area contributed by atoms with Crippen molar-refractivity contribution < 1.29 is 9.53 Å². The second kappa shape index (κ2) is 4.06. The summed E-state index contributed by atoms with van der Waals surface area (Å²) in [6.45, 7) is 5.45. The summed E-state index contributed by atoms with van der Waals surface area (Å²) in [4.78, 5) is 10.7. The molecule has 0 heterocycles. The predicted molar refractivity (Wildman–Crippen MR) is 39.4 cm³/mol. The van der Waals surface area contributed by atoms with Crippen LogP contribution in [-0.4, -0.2) is 19.1 Å². The normalized spacial score (nSPS) is 12.3. The van der Waals surface area contributed by atoms with Crippen LogP contribution >= 0.6 is 0 Å². The standard InChI is InChI=1S/C7H13NO2/c1-5(2)4-6(8)7(9)10-3/h6H,1,4,8H2,2-3H3/t6-/m0/s1. The molecule has 0 spiro atoms. The third-order valence-electron chi connectivity index (χ3n) is 1.07. The zero-order valence-corrected chi connectivity index (χ0v) is 6.39. The molecule has 0 radical (unpaired) electrons. The van der Waals surface area contributed by atoms with E-state index in [1.54, 1.807) is 0 Å². The smallest absolute Gasteiger partial charge is 0.322 e. The highest BCUT2D eigenvalue weighted by atomic mass is 16.5. The number of ether oxygens (including phenoxy) is 1. The number of hydrogen-bond donors (Lipinski definition) is 1. The van der Waals surface area contributed by atoms with Crippen LogP contribution in [0.3, 0.4) is 0 Å².